The largest absolute Gasteiger partial charge is 0.357 e. The third-order valence-corrected chi connectivity index (χ3v) is 2.02. The number of para-hydroxylation sites is 1. The number of hydrogen-bond acceptors (Lipinski definition) is 3. The van der Waals surface area contributed by atoms with Gasteiger partial charge in [0.15, 0.2) is 0 Å². The van der Waals surface area contributed by atoms with Gasteiger partial charge in [0.1, 0.15) is 0 Å². The zero-order valence-corrected chi connectivity index (χ0v) is 7.70. The van der Waals surface area contributed by atoms with E-state index in [1.165, 1.54) is 0 Å². The van der Waals surface area contributed by atoms with Crippen molar-refractivity contribution in [3.8, 4) is 0 Å². The summed E-state index contributed by atoms with van der Waals surface area (Å²) in [6.45, 7) is 1.99. The summed E-state index contributed by atoms with van der Waals surface area (Å²) >= 11 is 0. The molecule has 1 aromatic carbocycles. The van der Waals surface area contributed by atoms with E-state index < -0.39 is 0 Å². The normalized spacial score (nSPS) is 10.3. The summed E-state index contributed by atoms with van der Waals surface area (Å²) in [5, 5.41) is 4.05. The summed E-state index contributed by atoms with van der Waals surface area (Å²) in [6.07, 6.45) is 0. The molecule has 0 fully saturated rings. The number of anilines is 1. The topological polar surface area (TPSA) is 37.8 Å². The van der Waals surface area contributed by atoms with E-state index in [1.54, 1.807) is 0 Å². The molecule has 3 heteroatoms. The molecular weight excluding hydrogens is 162 g/mol. The molecule has 2 rings (SSSR count). The number of benzene rings is 1. The van der Waals surface area contributed by atoms with Crippen LogP contribution in [0.15, 0.2) is 24.3 Å². The van der Waals surface area contributed by atoms with Crippen LogP contribution in [0, 0.1) is 6.92 Å². The molecule has 0 atom stereocenters. The van der Waals surface area contributed by atoms with Crippen LogP contribution in [0.4, 0.5) is 5.95 Å². The molecule has 1 aromatic heterocycles. The van der Waals surface area contributed by atoms with Gasteiger partial charge in [-0.1, -0.05) is 18.2 Å². The lowest BCUT2D eigenvalue weighted by Gasteiger charge is -2.03. The summed E-state index contributed by atoms with van der Waals surface area (Å²) in [5.74, 6) is 0.677. The average molecular weight is 173 g/mol. The first kappa shape index (κ1) is 7.98. The van der Waals surface area contributed by atoms with Gasteiger partial charge in [-0.05, 0) is 13.0 Å². The fourth-order valence-corrected chi connectivity index (χ4v) is 1.35. The van der Waals surface area contributed by atoms with Crippen LogP contribution in [0.1, 0.15) is 5.69 Å². The average Bonchev–Trinajstić information content (AvgIpc) is 2.18. The number of rotatable bonds is 1. The van der Waals surface area contributed by atoms with Gasteiger partial charge in [-0.25, -0.2) is 9.97 Å². The number of hydrogen-bond donors (Lipinski definition) is 1. The van der Waals surface area contributed by atoms with Crippen molar-refractivity contribution >= 4 is 16.9 Å². The van der Waals surface area contributed by atoms with E-state index in [9.17, 15) is 0 Å². The predicted molar refractivity (Wildman–Crippen MR) is 53.8 cm³/mol. The van der Waals surface area contributed by atoms with Gasteiger partial charge in [-0.3, -0.25) is 0 Å². The highest BCUT2D eigenvalue weighted by atomic mass is 15.1. The third-order valence-electron chi connectivity index (χ3n) is 2.02. The maximum absolute atomic E-state index is 4.33. The van der Waals surface area contributed by atoms with Crippen LogP contribution in [0.25, 0.3) is 10.9 Å². The number of nitrogens with zero attached hydrogens (tertiary/aromatic N) is 2. The Hall–Kier alpha value is -1.64. The summed E-state index contributed by atoms with van der Waals surface area (Å²) in [7, 11) is 1.82. The van der Waals surface area contributed by atoms with Crippen LogP contribution in [0.5, 0.6) is 0 Å². The maximum Gasteiger partial charge on any atom is 0.223 e. The molecule has 0 radical (unpaired) electrons. The molecule has 2 aromatic rings. The fourth-order valence-electron chi connectivity index (χ4n) is 1.35. The Morgan fingerprint density at radius 3 is 2.69 bits per heavy atom. The minimum absolute atomic E-state index is 0.677. The van der Waals surface area contributed by atoms with Crippen molar-refractivity contribution in [3.05, 3.63) is 30.0 Å². The van der Waals surface area contributed by atoms with E-state index in [-0.39, 0.29) is 0 Å². The fraction of sp³-hybridized carbons (Fsp3) is 0.200. The Labute approximate surface area is 76.8 Å². The Balaban J connectivity index is 2.77. The molecule has 0 saturated carbocycles. The van der Waals surface area contributed by atoms with Crippen LogP contribution in [-0.4, -0.2) is 17.0 Å². The predicted octanol–water partition coefficient (Wildman–Crippen LogP) is 1.98. The second kappa shape index (κ2) is 3.01. The molecular formula is C10H11N3. The van der Waals surface area contributed by atoms with Crippen molar-refractivity contribution in [2.45, 2.75) is 6.92 Å². The van der Waals surface area contributed by atoms with Gasteiger partial charge < -0.3 is 5.32 Å². The smallest absolute Gasteiger partial charge is 0.223 e. The van der Waals surface area contributed by atoms with Gasteiger partial charge in [0, 0.05) is 12.4 Å². The standard InChI is InChI=1S/C10H11N3/c1-7-8-5-3-4-6-9(8)13-10(11-2)12-7/h3-6H,1-2H3,(H,11,12,13). The first-order chi connectivity index (χ1) is 6.31. The minimum atomic E-state index is 0.677. The molecule has 0 aliphatic carbocycles. The Bertz CT molecular complexity index is 437. The summed E-state index contributed by atoms with van der Waals surface area (Å²) in [4.78, 5) is 8.63. The number of nitrogens with one attached hydrogen (secondary N) is 1. The van der Waals surface area contributed by atoms with Crippen LogP contribution in [0.2, 0.25) is 0 Å². The van der Waals surface area contributed by atoms with Crippen molar-refractivity contribution in [2.24, 2.45) is 0 Å². The van der Waals surface area contributed by atoms with Crippen molar-refractivity contribution in [2.75, 3.05) is 12.4 Å². The van der Waals surface area contributed by atoms with E-state index in [0.717, 1.165) is 16.6 Å². The van der Waals surface area contributed by atoms with Crippen LogP contribution < -0.4 is 5.32 Å². The SMILES string of the molecule is CNc1nc(C)c2ccccc2n1. The molecule has 0 aliphatic rings. The van der Waals surface area contributed by atoms with Gasteiger partial charge in [-0.2, -0.15) is 0 Å². The molecule has 0 bridgehead atoms. The number of aryl methyl sites for hydroxylation is 1. The molecule has 0 unspecified atom stereocenters. The molecule has 0 spiro atoms. The highest BCUT2D eigenvalue weighted by Gasteiger charge is 2.00. The lowest BCUT2D eigenvalue weighted by atomic mass is 10.2. The van der Waals surface area contributed by atoms with Crippen molar-refractivity contribution in [1.29, 1.82) is 0 Å². The lowest BCUT2D eigenvalue weighted by molar-refractivity contribution is 1.14. The lowest BCUT2D eigenvalue weighted by Crippen LogP contribution is -1.98. The van der Waals surface area contributed by atoms with Crippen molar-refractivity contribution < 1.29 is 0 Å². The van der Waals surface area contributed by atoms with Gasteiger partial charge in [0.25, 0.3) is 0 Å². The minimum Gasteiger partial charge on any atom is -0.357 e. The van der Waals surface area contributed by atoms with Crippen molar-refractivity contribution in [1.82, 2.24) is 9.97 Å². The molecule has 13 heavy (non-hydrogen) atoms. The monoisotopic (exact) mass is 173 g/mol. The first-order valence-corrected chi connectivity index (χ1v) is 4.22. The van der Waals surface area contributed by atoms with Crippen molar-refractivity contribution in [3.63, 3.8) is 0 Å². The van der Waals surface area contributed by atoms with E-state index >= 15 is 0 Å². The summed E-state index contributed by atoms with van der Waals surface area (Å²) in [6, 6.07) is 8.00. The molecule has 3 nitrogen and oxygen atoms in total. The molecule has 1 heterocycles. The number of fused-ring (bicyclic) bond motifs is 1. The molecule has 1 N–H and O–H groups in total. The van der Waals surface area contributed by atoms with E-state index in [0.29, 0.717) is 5.95 Å². The van der Waals surface area contributed by atoms with Crippen LogP contribution in [-0.2, 0) is 0 Å². The second-order valence-electron chi connectivity index (χ2n) is 2.90. The zero-order chi connectivity index (χ0) is 9.26. The molecule has 0 aliphatic heterocycles. The zero-order valence-electron chi connectivity index (χ0n) is 7.70. The molecule has 0 saturated heterocycles. The van der Waals surface area contributed by atoms with Gasteiger partial charge in [-0.15, -0.1) is 0 Å². The van der Waals surface area contributed by atoms with Crippen LogP contribution in [0.3, 0.4) is 0 Å². The second-order valence-corrected chi connectivity index (χ2v) is 2.90. The first-order valence-electron chi connectivity index (χ1n) is 4.22. The van der Waals surface area contributed by atoms with Gasteiger partial charge in [0.2, 0.25) is 5.95 Å². The highest BCUT2D eigenvalue weighted by Crippen LogP contribution is 2.15. The summed E-state index contributed by atoms with van der Waals surface area (Å²) < 4.78 is 0. The quantitative estimate of drug-likeness (QED) is 0.716. The Kier molecular flexibility index (Phi) is 1.85. The van der Waals surface area contributed by atoms with E-state index in [1.807, 2.05) is 38.2 Å². The molecule has 0 amide bonds. The van der Waals surface area contributed by atoms with Crippen LogP contribution >= 0.6 is 0 Å². The third kappa shape index (κ3) is 1.33. The molecule has 66 valence electrons. The van der Waals surface area contributed by atoms with Gasteiger partial charge >= 0.3 is 0 Å². The Morgan fingerprint density at radius 1 is 1.15 bits per heavy atom. The Morgan fingerprint density at radius 2 is 1.92 bits per heavy atom. The summed E-state index contributed by atoms with van der Waals surface area (Å²) in [5.41, 5.74) is 1.99. The number of aromatic nitrogens is 2. The highest BCUT2D eigenvalue weighted by molar-refractivity contribution is 5.81. The van der Waals surface area contributed by atoms with E-state index in [4.69, 9.17) is 0 Å². The maximum atomic E-state index is 4.33. The van der Waals surface area contributed by atoms with E-state index in [2.05, 4.69) is 15.3 Å². The van der Waals surface area contributed by atoms with Gasteiger partial charge in [0.05, 0.1) is 11.2 Å².